The molecule has 0 aliphatic heterocycles. The predicted octanol–water partition coefficient (Wildman–Crippen LogP) is 3.83. The zero-order valence-electron chi connectivity index (χ0n) is 13.7. The van der Waals surface area contributed by atoms with Crippen molar-refractivity contribution in [3.05, 3.63) is 84.5 Å². The van der Waals surface area contributed by atoms with Gasteiger partial charge in [-0.3, -0.25) is 0 Å². The van der Waals surface area contributed by atoms with Crippen LogP contribution in [0.3, 0.4) is 0 Å². The van der Waals surface area contributed by atoms with Crippen LogP contribution in [0.1, 0.15) is 34.2 Å². The van der Waals surface area contributed by atoms with Crippen LogP contribution < -0.4 is 11.5 Å². The van der Waals surface area contributed by atoms with Crippen molar-refractivity contribution >= 4 is 0 Å². The van der Waals surface area contributed by atoms with Crippen molar-refractivity contribution in [1.29, 1.82) is 0 Å². The lowest BCUT2D eigenvalue weighted by atomic mass is 9.82. The molecule has 0 aliphatic carbocycles. The van der Waals surface area contributed by atoms with Crippen LogP contribution in [0.4, 0.5) is 0 Å². The quantitative estimate of drug-likeness (QED) is 0.537. The molecule has 118 valence electrons. The Morgan fingerprint density at radius 2 is 1.45 bits per heavy atom. The van der Waals surface area contributed by atoms with Crippen molar-refractivity contribution in [2.45, 2.75) is 38.3 Å². The second-order valence-electron chi connectivity index (χ2n) is 5.68. The van der Waals surface area contributed by atoms with Crippen LogP contribution in [-0.2, 0) is 24.9 Å². The summed E-state index contributed by atoms with van der Waals surface area (Å²) in [7, 11) is 0. The van der Waals surface area contributed by atoms with Gasteiger partial charge in [-0.25, -0.2) is 0 Å². The van der Waals surface area contributed by atoms with Crippen LogP contribution >= 0.6 is 0 Å². The Morgan fingerprint density at radius 1 is 0.909 bits per heavy atom. The Hall–Kier alpha value is -1.90. The summed E-state index contributed by atoms with van der Waals surface area (Å²) in [4.78, 5) is 0. The van der Waals surface area contributed by atoms with Crippen LogP contribution in [0.25, 0.3) is 0 Å². The highest BCUT2D eigenvalue weighted by Gasteiger charge is 2.26. The van der Waals surface area contributed by atoms with Gasteiger partial charge in [0.05, 0.1) is 5.66 Å². The van der Waals surface area contributed by atoms with E-state index in [1.165, 1.54) is 16.7 Å². The van der Waals surface area contributed by atoms with Crippen molar-refractivity contribution in [3.8, 4) is 0 Å². The Balaban J connectivity index is 3.69. The zero-order valence-corrected chi connectivity index (χ0v) is 13.7. The molecule has 0 amide bonds. The minimum atomic E-state index is -0.931. The van der Waals surface area contributed by atoms with Gasteiger partial charge in [-0.2, -0.15) is 0 Å². The molecule has 1 rings (SSSR count). The molecule has 0 saturated heterocycles. The molecule has 0 unspecified atom stereocenters. The number of nitrogens with two attached hydrogens (primary N) is 2. The van der Waals surface area contributed by atoms with E-state index in [1.807, 2.05) is 18.2 Å². The average molecular weight is 296 g/mol. The first-order chi connectivity index (χ1) is 10.4. The van der Waals surface area contributed by atoms with Gasteiger partial charge in [-0.15, -0.1) is 26.3 Å². The molecule has 0 fully saturated rings. The van der Waals surface area contributed by atoms with Gasteiger partial charge in [0.1, 0.15) is 0 Å². The highest BCUT2D eigenvalue weighted by atomic mass is 15.0. The average Bonchev–Trinajstić information content (AvgIpc) is 2.45. The first-order valence-electron chi connectivity index (χ1n) is 7.58. The number of rotatable bonds is 9. The Kier molecular flexibility index (Phi) is 6.54. The van der Waals surface area contributed by atoms with Crippen LogP contribution in [0.15, 0.2) is 56.7 Å². The largest absolute Gasteiger partial charge is 0.309 e. The number of benzene rings is 1. The fourth-order valence-corrected chi connectivity index (χ4v) is 2.88. The Labute approximate surface area is 134 Å². The molecule has 2 heteroatoms. The van der Waals surface area contributed by atoms with E-state index < -0.39 is 5.66 Å². The minimum Gasteiger partial charge on any atom is -0.309 e. The van der Waals surface area contributed by atoms with Crippen molar-refractivity contribution in [2.75, 3.05) is 0 Å². The van der Waals surface area contributed by atoms with Crippen molar-refractivity contribution < 1.29 is 0 Å². The van der Waals surface area contributed by atoms with Crippen LogP contribution in [-0.4, -0.2) is 0 Å². The van der Waals surface area contributed by atoms with Gasteiger partial charge < -0.3 is 11.5 Å². The van der Waals surface area contributed by atoms with Gasteiger partial charge in [-0.05, 0) is 54.0 Å². The molecular formula is C20H28N2. The predicted molar refractivity (Wildman–Crippen MR) is 97.7 cm³/mol. The summed E-state index contributed by atoms with van der Waals surface area (Å²) in [5.74, 6) is 0. The summed E-state index contributed by atoms with van der Waals surface area (Å²) < 4.78 is 0. The third-order valence-electron chi connectivity index (χ3n) is 3.99. The molecule has 0 aromatic heterocycles. The van der Waals surface area contributed by atoms with Gasteiger partial charge in [0.25, 0.3) is 0 Å². The molecule has 0 atom stereocenters. The summed E-state index contributed by atoms with van der Waals surface area (Å²) in [5, 5.41) is 0. The normalized spacial score (nSPS) is 11.0. The molecular weight excluding hydrogens is 268 g/mol. The summed E-state index contributed by atoms with van der Waals surface area (Å²) in [6.45, 7) is 17.5. The molecule has 0 aliphatic rings. The number of hydrogen-bond donors (Lipinski definition) is 2. The van der Waals surface area contributed by atoms with Crippen LogP contribution in [0.5, 0.6) is 0 Å². The smallest absolute Gasteiger partial charge is 0.0937 e. The summed E-state index contributed by atoms with van der Waals surface area (Å²) in [5.41, 5.74) is 17.7. The molecule has 4 N–H and O–H groups in total. The highest BCUT2D eigenvalue weighted by molar-refractivity contribution is 5.50. The lowest BCUT2D eigenvalue weighted by Gasteiger charge is -2.30. The second kappa shape index (κ2) is 7.92. The van der Waals surface area contributed by atoms with Crippen LogP contribution in [0.2, 0.25) is 0 Å². The number of allylic oxidation sites excluding steroid dienone is 3. The third kappa shape index (κ3) is 3.85. The molecule has 2 nitrogen and oxygen atoms in total. The van der Waals surface area contributed by atoms with E-state index in [0.29, 0.717) is 6.42 Å². The fraction of sp³-hybridized carbons (Fsp3) is 0.300. The van der Waals surface area contributed by atoms with Crippen molar-refractivity contribution in [3.63, 3.8) is 0 Å². The van der Waals surface area contributed by atoms with Crippen molar-refractivity contribution in [1.82, 2.24) is 0 Å². The Morgan fingerprint density at radius 3 is 1.95 bits per heavy atom. The lowest BCUT2D eigenvalue weighted by molar-refractivity contribution is 0.467. The summed E-state index contributed by atoms with van der Waals surface area (Å²) in [6, 6.07) is 2.12. The maximum absolute atomic E-state index is 6.38. The van der Waals surface area contributed by atoms with Crippen molar-refractivity contribution in [2.24, 2.45) is 11.5 Å². The maximum atomic E-state index is 6.38. The molecule has 0 bridgehead atoms. The van der Waals surface area contributed by atoms with E-state index in [1.54, 1.807) is 6.08 Å². The first-order valence-corrected chi connectivity index (χ1v) is 7.58. The van der Waals surface area contributed by atoms with Gasteiger partial charge in [-0.1, -0.05) is 30.4 Å². The fourth-order valence-electron chi connectivity index (χ4n) is 2.88. The lowest BCUT2D eigenvalue weighted by Crippen LogP contribution is -2.46. The maximum Gasteiger partial charge on any atom is 0.0937 e. The molecule has 0 heterocycles. The van der Waals surface area contributed by atoms with Gasteiger partial charge in [0, 0.05) is 6.42 Å². The third-order valence-corrected chi connectivity index (χ3v) is 3.99. The second-order valence-corrected chi connectivity index (χ2v) is 5.68. The molecule has 22 heavy (non-hydrogen) atoms. The Bertz CT molecular complexity index is 580. The highest BCUT2D eigenvalue weighted by Crippen LogP contribution is 2.31. The molecule has 0 spiro atoms. The van der Waals surface area contributed by atoms with Crippen LogP contribution in [0, 0.1) is 6.92 Å². The van der Waals surface area contributed by atoms with E-state index in [4.69, 9.17) is 11.5 Å². The topological polar surface area (TPSA) is 52.0 Å². The number of hydrogen-bond acceptors (Lipinski definition) is 2. The monoisotopic (exact) mass is 296 g/mol. The van der Waals surface area contributed by atoms with E-state index in [2.05, 4.69) is 39.3 Å². The summed E-state index contributed by atoms with van der Waals surface area (Å²) in [6.07, 6.45) is 10.3. The van der Waals surface area contributed by atoms with E-state index in [9.17, 15) is 0 Å². The molecule has 0 radical (unpaired) electrons. The van der Waals surface area contributed by atoms with Gasteiger partial charge in [0.2, 0.25) is 0 Å². The molecule has 0 saturated carbocycles. The van der Waals surface area contributed by atoms with E-state index in [-0.39, 0.29) is 0 Å². The van der Waals surface area contributed by atoms with E-state index >= 15 is 0 Å². The van der Waals surface area contributed by atoms with Gasteiger partial charge >= 0.3 is 0 Å². The van der Waals surface area contributed by atoms with E-state index in [0.717, 1.165) is 30.4 Å². The molecule has 1 aromatic carbocycles. The minimum absolute atomic E-state index is 0.515. The molecule has 1 aromatic rings. The summed E-state index contributed by atoms with van der Waals surface area (Å²) >= 11 is 0. The van der Waals surface area contributed by atoms with Gasteiger partial charge in [0.15, 0.2) is 0 Å². The first kappa shape index (κ1) is 18.1. The standard InChI is InChI=1S/C20H28N2/c1-6-10-16-14-19(20(21,22)13-9-4)18(12-8-3)17(11-7-2)15(16)5/h6-9,14H,1-4,10-13,21-22H2,5H3. The SMILES string of the molecule is C=CCc1cc(C(N)(N)CC=C)c(CC=C)c(CC=C)c1C. The zero-order chi connectivity index (χ0) is 16.8.